The zero-order valence-corrected chi connectivity index (χ0v) is 9.07. The van der Waals surface area contributed by atoms with Gasteiger partial charge in [0, 0.05) is 16.7 Å². The molecule has 0 amide bonds. The molecule has 1 aromatic carbocycles. The standard InChI is InChI=1S/C10H12ClNO3/c1-7(13)2-3-8-6-9(11)4-5-10(8)12(14)15/h4-7,13H,2-3H2,1H3/t7-/m1/s1. The van der Waals surface area contributed by atoms with Crippen molar-refractivity contribution < 1.29 is 10.0 Å². The van der Waals surface area contributed by atoms with Crippen LogP contribution in [-0.4, -0.2) is 16.1 Å². The summed E-state index contributed by atoms with van der Waals surface area (Å²) in [7, 11) is 0. The molecule has 1 rings (SSSR count). The summed E-state index contributed by atoms with van der Waals surface area (Å²) in [4.78, 5) is 10.2. The van der Waals surface area contributed by atoms with E-state index < -0.39 is 11.0 Å². The van der Waals surface area contributed by atoms with E-state index >= 15 is 0 Å². The van der Waals surface area contributed by atoms with Gasteiger partial charge >= 0.3 is 0 Å². The summed E-state index contributed by atoms with van der Waals surface area (Å²) in [6.07, 6.45) is 0.471. The summed E-state index contributed by atoms with van der Waals surface area (Å²) >= 11 is 5.75. The van der Waals surface area contributed by atoms with Crippen molar-refractivity contribution in [1.29, 1.82) is 0 Å². The number of aliphatic hydroxyl groups is 1. The average molecular weight is 230 g/mol. The zero-order chi connectivity index (χ0) is 11.4. The molecule has 0 heterocycles. The number of hydrogen-bond donors (Lipinski definition) is 1. The van der Waals surface area contributed by atoms with Gasteiger partial charge in [-0.3, -0.25) is 10.1 Å². The Balaban J connectivity index is 2.92. The fourth-order valence-electron chi connectivity index (χ4n) is 1.30. The largest absolute Gasteiger partial charge is 0.393 e. The number of benzene rings is 1. The molecular formula is C10H12ClNO3. The molecule has 0 aliphatic rings. The van der Waals surface area contributed by atoms with Gasteiger partial charge in [-0.1, -0.05) is 11.6 Å². The molecule has 15 heavy (non-hydrogen) atoms. The number of nitro benzene ring substituents is 1. The molecule has 0 saturated carbocycles. The molecular weight excluding hydrogens is 218 g/mol. The van der Waals surface area contributed by atoms with Gasteiger partial charge in [0.15, 0.2) is 0 Å². The smallest absolute Gasteiger partial charge is 0.272 e. The highest BCUT2D eigenvalue weighted by Gasteiger charge is 2.13. The van der Waals surface area contributed by atoms with Crippen LogP contribution in [0.15, 0.2) is 18.2 Å². The van der Waals surface area contributed by atoms with Crippen LogP contribution in [0.1, 0.15) is 18.9 Å². The topological polar surface area (TPSA) is 63.4 Å². The molecule has 5 heteroatoms. The maximum absolute atomic E-state index is 10.7. The van der Waals surface area contributed by atoms with Gasteiger partial charge in [-0.2, -0.15) is 0 Å². The number of rotatable bonds is 4. The highest BCUT2D eigenvalue weighted by atomic mass is 35.5. The summed E-state index contributed by atoms with van der Waals surface area (Å²) in [5.41, 5.74) is 0.619. The average Bonchev–Trinajstić information content (AvgIpc) is 2.14. The van der Waals surface area contributed by atoms with E-state index in [1.165, 1.54) is 12.1 Å². The maximum Gasteiger partial charge on any atom is 0.272 e. The summed E-state index contributed by atoms with van der Waals surface area (Å²) in [6, 6.07) is 4.45. The van der Waals surface area contributed by atoms with Crippen LogP contribution in [0.4, 0.5) is 5.69 Å². The summed E-state index contributed by atoms with van der Waals surface area (Å²) in [6.45, 7) is 1.65. The van der Waals surface area contributed by atoms with E-state index in [0.29, 0.717) is 23.4 Å². The van der Waals surface area contributed by atoms with Crippen molar-refractivity contribution in [2.24, 2.45) is 0 Å². The van der Waals surface area contributed by atoms with Crippen molar-refractivity contribution in [2.75, 3.05) is 0 Å². The minimum Gasteiger partial charge on any atom is -0.393 e. The first-order valence-corrected chi connectivity index (χ1v) is 4.99. The van der Waals surface area contributed by atoms with E-state index in [9.17, 15) is 10.1 Å². The van der Waals surface area contributed by atoms with Gasteiger partial charge in [0.2, 0.25) is 0 Å². The molecule has 0 aromatic heterocycles. The first kappa shape index (κ1) is 11.9. The van der Waals surface area contributed by atoms with Crippen LogP contribution >= 0.6 is 11.6 Å². The van der Waals surface area contributed by atoms with Gasteiger partial charge in [-0.05, 0) is 31.9 Å². The number of aliphatic hydroxyl groups excluding tert-OH is 1. The van der Waals surface area contributed by atoms with Crippen molar-refractivity contribution >= 4 is 17.3 Å². The van der Waals surface area contributed by atoms with Crippen LogP contribution in [0.5, 0.6) is 0 Å². The zero-order valence-electron chi connectivity index (χ0n) is 8.31. The van der Waals surface area contributed by atoms with E-state index in [1.807, 2.05) is 0 Å². The third-order valence-corrected chi connectivity index (χ3v) is 2.30. The molecule has 0 radical (unpaired) electrons. The van der Waals surface area contributed by atoms with Crippen molar-refractivity contribution in [3.05, 3.63) is 38.9 Å². The molecule has 0 spiro atoms. The van der Waals surface area contributed by atoms with E-state index in [4.69, 9.17) is 16.7 Å². The second kappa shape index (κ2) is 5.09. The van der Waals surface area contributed by atoms with Crippen LogP contribution < -0.4 is 0 Å². The molecule has 0 aliphatic heterocycles. The Labute approximate surface area is 92.6 Å². The van der Waals surface area contributed by atoms with E-state index in [-0.39, 0.29) is 5.69 Å². The van der Waals surface area contributed by atoms with Crippen LogP contribution in [0.25, 0.3) is 0 Å². The Kier molecular flexibility index (Phi) is 4.05. The molecule has 4 nitrogen and oxygen atoms in total. The predicted molar refractivity (Wildman–Crippen MR) is 58.1 cm³/mol. The van der Waals surface area contributed by atoms with Crippen LogP contribution in [-0.2, 0) is 6.42 Å². The maximum atomic E-state index is 10.7. The molecule has 82 valence electrons. The van der Waals surface area contributed by atoms with Crippen LogP contribution in [0.2, 0.25) is 5.02 Å². The lowest BCUT2D eigenvalue weighted by molar-refractivity contribution is -0.385. The Morgan fingerprint density at radius 3 is 2.80 bits per heavy atom. The van der Waals surface area contributed by atoms with Gasteiger partial charge < -0.3 is 5.11 Å². The minimum atomic E-state index is -0.469. The molecule has 1 N–H and O–H groups in total. The Hall–Kier alpha value is -1.13. The summed E-state index contributed by atoms with van der Waals surface area (Å²) in [5.74, 6) is 0. The van der Waals surface area contributed by atoms with Gasteiger partial charge in [-0.25, -0.2) is 0 Å². The molecule has 0 unspecified atom stereocenters. The van der Waals surface area contributed by atoms with Crippen molar-refractivity contribution in [3.63, 3.8) is 0 Å². The van der Waals surface area contributed by atoms with Gasteiger partial charge in [-0.15, -0.1) is 0 Å². The number of halogens is 1. The lowest BCUT2D eigenvalue weighted by atomic mass is 10.1. The third kappa shape index (κ3) is 3.49. The third-order valence-electron chi connectivity index (χ3n) is 2.07. The van der Waals surface area contributed by atoms with Gasteiger partial charge in [0.25, 0.3) is 5.69 Å². The first-order valence-electron chi connectivity index (χ1n) is 4.61. The van der Waals surface area contributed by atoms with Crippen LogP contribution in [0, 0.1) is 10.1 Å². The highest BCUT2D eigenvalue weighted by Crippen LogP contribution is 2.24. The lowest BCUT2D eigenvalue weighted by Gasteiger charge is -2.05. The van der Waals surface area contributed by atoms with E-state index in [1.54, 1.807) is 13.0 Å². The number of aryl methyl sites for hydroxylation is 1. The first-order chi connectivity index (χ1) is 7.00. The van der Waals surface area contributed by atoms with Crippen molar-refractivity contribution in [1.82, 2.24) is 0 Å². The Morgan fingerprint density at radius 1 is 1.60 bits per heavy atom. The summed E-state index contributed by atoms with van der Waals surface area (Å²) in [5, 5.41) is 20.3. The Morgan fingerprint density at radius 2 is 2.27 bits per heavy atom. The normalized spacial score (nSPS) is 12.5. The predicted octanol–water partition coefficient (Wildman–Crippen LogP) is 2.56. The van der Waals surface area contributed by atoms with E-state index in [2.05, 4.69) is 0 Å². The number of hydrogen-bond acceptors (Lipinski definition) is 3. The molecule has 1 atom stereocenters. The molecule has 0 saturated heterocycles. The van der Waals surface area contributed by atoms with Gasteiger partial charge in [0.05, 0.1) is 11.0 Å². The summed E-state index contributed by atoms with van der Waals surface area (Å²) < 4.78 is 0. The molecule has 0 bridgehead atoms. The van der Waals surface area contributed by atoms with E-state index in [0.717, 1.165) is 0 Å². The SMILES string of the molecule is C[C@@H](O)CCc1cc(Cl)ccc1[N+](=O)[O-]. The van der Waals surface area contributed by atoms with Crippen molar-refractivity contribution in [3.8, 4) is 0 Å². The lowest BCUT2D eigenvalue weighted by Crippen LogP contribution is -2.03. The second-order valence-corrected chi connectivity index (χ2v) is 3.85. The molecule has 1 aromatic rings. The Bertz CT molecular complexity index is 366. The monoisotopic (exact) mass is 229 g/mol. The highest BCUT2D eigenvalue weighted by molar-refractivity contribution is 6.30. The van der Waals surface area contributed by atoms with Crippen LogP contribution in [0.3, 0.4) is 0 Å². The minimum absolute atomic E-state index is 0.0556. The fourth-order valence-corrected chi connectivity index (χ4v) is 1.49. The van der Waals surface area contributed by atoms with Gasteiger partial charge in [0.1, 0.15) is 0 Å². The number of nitrogens with zero attached hydrogens (tertiary/aromatic N) is 1. The van der Waals surface area contributed by atoms with Crippen molar-refractivity contribution in [2.45, 2.75) is 25.9 Å². The molecule has 0 aliphatic carbocycles. The fraction of sp³-hybridized carbons (Fsp3) is 0.400. The number of nitro groups is 1. The quantitative estimate of drug-likeness (QED) is 0.638. The second-order valence-electron chi connectivity index (χ2n) is 3.42. The molecule has 0 fully saturated rings.